The molecule has 27 heavy (non-hydrogen) atoms. The molecule has 0 spiro atoms. The molecule has 6 heteroatoms. The van der Waals surface area contributed by atoms with Gasteiger partial charge in [0, 0.05) is 45.8 Å². The fraction of sp³-hybridized carbons (Fsp3) is 0.619. The summed E-state index contributed by atoms with van der Waals surface area (Å²) in [5.41, 5.74) is 1.31. The van der Waals surface area contributed by atoms with E-state index in [0.29, 0.717) is 19.7 Å². The van der Waals surface area contributed by atoms with Gasteiger partial charge in [0.25, 0.3) is 0 Å². The summed E-state index contributed by atoms with van der Waals surface area (Å²) in [6.45, 7) is 7.77. The maximum Gasteiger partial charge on any atom is 0.409 e. The molecule has 0 N–H and O–H groups in total. The summed E-state index contributed by atoms with van der Waals surface area (Å²) in [6, 6.07) is 10.5. The van der Waals surface area contributed by atoms with Crippen molar-refractivity contribution in [2.24, 2.45) is 5.92 Å². The van der Waals surface area contributed by atoms with Crippen molar-refractivity contribution in [2.45, 2.75) is 32.7 Å². The molecule has 0 bridgehead atoms. The van der Waals surface area contributed by atoms with Gasteiger partial charge in [0.2, 0.25) is 5.91 Å². The van der Waals surface area contributed by atoms with Gasteiger partial charge in [0.05, 0.1) is 12.5 Å². The Balaban J connectivity index is 1.52. The molecule has 3 rings (SSSR count). The Morgan fingerprint density at radius 3 is 2.56 bits per heavy atom. The van der Waals surface area contributed by atoms with Crippen LogP contribution in [-0.4, -0.2) is 72.6 Å². The quantitative estimate of drug-likeness (QED) is 0.814. The minimum atomic E-state index is -0.292. The first-order chi connectivity index (χ1) is 13.2. The van der Waals surface area contributed by atoms with Gasteiger partial charge in [-0.2, -0.15) is 0 Å². The lowest BCUT2D eigenvalue weighted by molar-refractivity contribution is -0.136. The molecule has 1 atom stereocenters. The predicted octanol–water partition coefficient (Wildman–Crippen LogP) is 2.59. The molecule has 2 aliphatic heterocycles. The Labute approximate surface area is 162 Å². The zero-order valence-corrected chi connectivity index (χ0v) is 16.3. The summed E-state index contributed by atoms with van der Waals surface area (Å²) < 4.78 is 5.10. The average Bonchev–Trinajstić information content (AvgIpc) is 2.94. The second kappa shape index (κ2) is 9.74. The third kappa shape index (κ3) is 5.45. The van der Waals surface area contributed by atoms with Crippen LogP contribution in [-0.2, 0) is 16.1 Å². The summed E-state index contributed by atoms with van der Waals surface area (Å²) in [6.07, 6.45) is 2.43. The van der Waals surface area contributed by atoms with Gasteiger partial charge in [-0.1, -0.05) is 30.3 Å². The van der Waals surface area contributed by atoms with Crippen molar-refractivity contribution < 1.29 is 14.3 Å². The largest absolute Gasteiger partial charge is 0.450 e. The lowest BCUT2D eigenvalue weighted by Crippen LogP contribution is -2.47. The maximum atomic E-state index is 13.0. The zero-order chi connectivity index (χ0) is 19.1. The summed E-state index contributed by atoms with van der Waals surface area (Å²) >= 11 is 0. The highest BCUT2D eigenvalue weighted by Crippen LogP contribution is 2.21. The number of likely N-dealkylation sites (tertiary alicyclic amines) is 1. The number of nitrogens with zero attached hydrogens (tertiary/aromatic N) is 3. The van der Waals surface area contributed by atoms with E-state index in [1.165, 1.54) is 5.56 Å². The van der Waals surface area contributed by atoms with E-state index in [0.717, 1.165) is 52.0 Å². The summed E-state index contributed by atoms with van der Waals surface area (Å²) in [5, 5.41) is 0. The van der Waals surface area contributed by atoms with Crippen LogP contribution in [0.5, 0.6) is 0 Å². The summed E-state index contributed by atoms with van der Waals surface area (Å²) in [5.74, 6) is 0.106. The van der Waals surface area contributed by atoms with E-state index >= 15 is 0 Å². The van der Waals surface area contributed by atoms with E-state index in [2.05, 4.69) is 29.2 Å². The fourth-order valence-electron chi connectivity index (χ4n) is 4.01. The minimum Gasteiger partial charge on any atom is -0.450 e. The van der Waals surface area contributed by atoms with Crippen LogP contribution in [0.1, 0.15) is 31.7 Å². The molecule has 1 unspecified atom stereocenters. The molecule has 0 saturated carbocycles. The number of carbonyl (C=O) groups excluding carboxylic acids is 2. The van der Waals surface area contributed by atoms with Crippen LogP contribution >= 0.6 is 0 Å². The smallest absolute Gasteiger partial charge is 0.409 e. The van der Waals surface area contributed by atoms with Crippen molar-refractivity contribution in [2.75, 3.05) is 45.9 Å². The van der Waals surface area contributed by atoms with Crippen molar-refractivity contribution >= 4 is 12.0 Å². The van der Waals surface area contributed by atoms with Gasteiger partial charge in [-0.3, -0.25) is 9.69 Å². The topological polar surface area (TPSA) is 53.1 Å². The van der Waals surface area contributed by atoms with Gasteiger partial charge in [-0.15, -0.1) is 0 Å². The number of rotatable bonds is 4. The van der Waals surface area contributed by atoms with E-state index in [9.17, 15) is 9.59 Å². The molecule has 148 valence electrons. The van der Waals surface area contributed by atoms with Crippen molar-refractivity contribution in [3.63, 3.8) is 0 Å². The number of piperidine rings is 1. The normalized spacial score (nSPS) is 21.6. The fourth-order valence-corrected chi connectivity index (χ4v) is 4.01. The molecular formula is C21H31N3O3. The van der Waals surface area contributed by atoms with E-state index in [4.69, 9.17) is 4.74 Å². The Morgan fingerprint density at radius 1 is 1.00 bits per heavy atom. The molecule has 2 amide bonds. The van der Waals surface area contributed by atoms with E-state index < -0.39 is 0 Å². The second-order valence-electron chi connectivity index (χ2n) is 7.42. The Hall–Kier alpha value is -2.08. The molecule has 1 aromatic rings. The number of amides is 2. The predicted molar refractivity (Wildman–Crippen MR) is 104 cm³/mol. The van der Waals surface area contributed by atoms with Gasteiger partial charge < -0.3 is 14.5 Å². The van der Waals surface area contributed by atoms with Crippen molar-refractivity contribution in [1.82, 2.24) is 14.7 Å². The van der Waals surface area contributed by atoms with Crippen LogP contribution in [0, 0.1) is 5.92 Å². The maximum absolute atomic E-state index is 13.0. The van der Waals surface area contributed by atoms with Crippen molar-refractivity contribution in [1.29, 1.82) is 0 Å². The molecular weight excluding hydrogens is 342 g/mol. The molecule has 0 radical (unpaired) electrons. The zero-order valence-electron chi connectivity index (χ0n) is 16.3. The number of hydrogen-bond donors (Lipinski definition) is 0. The summed E-state index contributed by atoms with van der Waals surface area (Å²) in [7, 11) is 0. The number of ether oxygens (including phenoxy) is 1. The van der Waals surface area contributed by atoms with Crippen LogP contribution in [0.4, 0.5) is 4.79 Å². The number of hydrogen-bond acceptors (Lipinski definition) is 4. The first-order valence-electron chi connectivity index (χ1n) is 10.1. The highest BCUT2D eigenvalue weighted by atomic mass is 16.6. The molecule has 6 nitrogen and oxygen atoms in total. The van der Waals surface area contributed by atoms with Gasteiger partial charge in [0.1, 0.15) is 0 Å². The SMILES string of the molecule is CCOC(=O)N1CCCC(C(=O)N2CCCN(Cc3ccccc3)CC2)C1. The Kier molecular flexibility index (Phi) is 7.10. The molecule has 0 aliphatic carbocycles. The minimum absolute atomic E-state index is 0.0937. The van der Waals surface area contributed by atoms with Crippen molar-refractivity contribution in [3.05, 3.63) is 35.9 Å². The molecule has 2 aliphatic rings. The highest BCUT2D eigenvalue weighted by Gasteiger charge is 2.32. The van der Waals surface area contributed by atoms with E-state index in [1.807, 2.05) is 17.9 Å². The van der Waals surface area contributed by atoms with E-state index in [-0.39, 0.29) is 17.9 Å². The third-order valence-electron chi connectivity index (χ3n) is 5.45. The first-order valence-corrected chi connectivity index (χ1v) is 10.1. The van der Waals surface area contributed by atoms with Crippen molar-refractivity contribution in [3.8, 4) is 0 Å². The molecule has 2 fully saturated rings. The van der Waals surface area contributed by atoms with Crippen LogP contribution in [0.3, 0.4) is 0 Å². The van der Waals surface area contributed by atoms with Gasteiger partial charge in [-0.05, 0) is 31.7 Å². The van der Waals surface area contributed by atoms with Crippen LogP contribution in [0.2, 0.25) is 0 Å². The van der Waals surface area contributed by atoms with Crippen LogP contribution in [0.25, 0.3) is 0 Å². The monoisotopic (exact) mass is 373 g/mol. The van der Waals surface area contributed by atoms with Gasteiger partial charge >= 0.3 is 6.09 Å². The first kappa shape index (κ1) is 19.7. The van der Waals surface area contributed by atoms with Gasteiger partial charge in [0.15, 0.2) is 0 Å². The second-order valence-corrected chi connectivity index (χ2v) is 7.42. The third-order valence-corrected chi connectivity index (χ3v) is 5.45. The van der Waals surface area contributed by atoms with Crippen LogP contribution < -0.4 is 0 Å². The number of benzene rings is 1. The molecule has 2 heterocycles. The Bertz CT molecular complexity index is 622. The van der Waals surface area contributed by atoms with Crippen LogP contribution in [0.15, 0.2) is 30.3 Å². The lowest BCUT2D eigenvalue weighted by atomic mass is 9.96. The molecule has 2 saturated heterocycles. The Morgan fingerprint density at radius 2 is 1.78 bits per heavy atom. The summed E-state index contributed by atoms with van der Waals surface area (Å²) in [4.78, 5) is 31.1. The van der Waals surface area contributed by atoms with E-state index in [1.54, 1.807) is 4.90 Å². The molecule has 0 aromatic heterocycles. The highest BCUT2D eigenvalue weighted by molar-refractivity contribution is 5.80. The van der Waals surface area contributed by atoms with Gasteiger partial charge in [-0.25, -0.2) is 4.79 Å². The number of carbonyl (C=O) groups is 2. The molecule has 1 aromatic carbocycles. The standard InChI is InChI=1S/C21H31N3O3/c1-2-27-21(26)24-12-6-10-19(17-24)20(25)23-13-7-11-22(14-15-23)16-18-8-4-3-5-9-18/h3-5,8-9,19H,2,6-7,10-17H2,1H3. The lowest BCUT2D eigenvalue weighted by Gasteiger charge is -2.34. The average molecular weight is 373 g/mol.